The van der Waals surface area contributed by atoms with E-state index in [0.29, 0.717) is 5.56 Å². The molecule has 1 N–H and O–H groups in total. The summed E-state index contributed by atoms with van der Waals surface area (Å²) in [6.45, 7) is 0.426. The number of carbonyl (C=O) groups is 1. The molecular weight excluding hydrogens is 299 g/mol. The van der Waals surface area contributed by atoms with Gasteiger partial charge in [-0.15, -0.1) is 25.6 Å². The van der Waals surface area contributed by atoms with E-state index in [2.05, 4.69) is 4.74 Å². The van der Waals surface area contributed by atoms with E-state index < -0.39 is 12.3 Å². The molecule has 1 aromatic rings. The van der Waals surface area contributed by atoms with E-state index in [4.69, 9.17) is 5.11 Å². The molecule has 8 heteroatoms. The highest BCUT2D eigenvalue weighted by atomic mass is 35.5. The molecule has 0 heterocycles. The smallest absolute Gasteiger partial charge is 0.481 e. The Morgan fingerprint density at radius 3 is 2.50 bits per heavy atom. The number of rotatable bonds is 6. The number of hydrogen-bond acceptors (Lipinski definition) is 3. The number of alkyl halides is 3. The lowest BCUT2D eigenvalue weighted by atomic mass is 10.2. The van der Waals surface area contributed by atoms with Gasteiger partial charge in [0.2, 0.25) is 0 Å². The van der Waals surface area contributed by atoms with E-state index in [0.717, 1.165) is 0 Å². The molecule has 0 aliphatic rings. The van der Waals surface area contributed by atoms with Crippen molar-refractivity contribution in [2.75, 3.05) is 13.6 Å². The molecule has 0 saturated heterocycles. The number of para-hydroxylation sites is 1. The SMILES string of the molecule is CN(CCC(=O)O)Cc1ccccc1OC(F)(F)F.Cl. The van der Waals surface area contributed by atoms with Crippen LogP contribution in [0.2, 0.25) is 0 Å². The Kier molecular flexibility index (Phi) is 7.38. The minimum Gasteiger partial charge on any atom is -0.481 e. The quantitative estimate of drug-likeness (QED) is 0.877. The zero-order chi connectivity index (χ0) is 14.5. The zero-order valence-electron chi connectivity index (χ0n) is 10.7. The summed E-state index contributed by atoms with van der Waals surface area (Å²) in [5.41, 5.74) is 0.354. The van der Waals surface area contributed by atoms with Gasteiger partial charge in [-0.1, -0.05) is 18.2 Å². The summed E-state index contributed by atoms with van der Waals surface area (Å²) in [5, 5.41) is 8.54. The summed E-state index contributed by atoms with van der Waals surface area (Å²) in [6.07, 6.45) is -4.81. The molecule has 4 nitrogen and oxygen atoms in total. The summed E-state index contributed by atoms with van der Waals surface area (Å²) >= 11 is 0. The van der Waals surface area contributed by atoms with Crippen LogP contribution in [-0.4, -0.2) is 35.9 Å². The zero-order valence-corrected chi connectivity index (χ0v) is 11.5. The summed E-state index contributed by atoms with van der Waals surface area (Å²) in [7, 11) is 1.63. The third-order valence-corrected chi connectivity index (χ3v) is 2.35. The molecule has 0 atom stereocenters. The maximum absolute atomic E-state index is 12.2. The number of ether oxygens (including phenoxy) is 1. The molecule has 0 spiro atoms. The van der Waals surface area contributed by atoms with Gasteiger partial charge >= 0.3 is 12.3 Å². The van der Waals surface area contributed by atoms with Gasteiger partial charge in [0.05, 0.1) is 6.42 Å². The Morgan fingerprint density at radius 2 is 1.95 bits per heavy atom. The van der Waals surface area contributed by atoms with Gasteiger partial charge in [0, 0.05) is 18.7 Å². The van der Waals surface area contributed by atoms with E-state index in [1.54, 1.807) is 18.0 Å². The summed E-state index contributed by atoms with van der Waals surface area (Å²) < 4.78 is 40.5. The van der Waals surface area contributed by atoms with Crippen LogP contribution >= 0.6 is 12.4 Å². The molecular formula is C12H15ClF3NO3. The van der Waals surface area contributed by atoms with E-state index >= 15 is 0 Å². The molecule has 0 saturated carbocycles. The van der Waals surface area contributed by atoms with Crippen LogP contribution < -0.4 is 4.74 Å². The summed E-state index contributed by atoms with van der Waals surface area (Å²) in [6, 6.07) is 5.79. The minimum absolute atomic E-state index is 0. The molecule has 1 rings (SSSR count). The third kappa shape index (κ3) is 7.20. The van der Waals surface area contributed by atoms with Gasteiger partial charge in [-0.3, -0.25) is 4.79 Å². The predicted molar refractivity (Wildman–Crippen MR) is 69.0 cm³/mol. The van der Waals surface area contributed by atoms with Gasteiger partial charge in [0.1, 0.15) is 5.75 Å². The highest BCUT2D eigenvalue weighted by Crippen LogP contribution is 2.26. The molecule has 0 fully saturated rings. The van der Waals surface area contributed by atoms with E-state index in [9.17, 15) is 18.0 Å². The van der Waals surface area contributed by atoms with Crippen molar-refractivity contribution in [2.45, 2.75) is 19.3 Å². The van der Waals surface area contributed by atoms with Crippen molar-refractivity contribution in [3.05, 3.63) is 29.8 Å². The minimum atomic E-state index is -4.74. The van der Waals surface area contributed by atoms with E-state index in [-0.39, 0.29) is 37.7 Å². The predicted octanol–water partition coefficient (Wildman–Crippen LogP) is 2.91. The second kappa shape index (κ2) is 7.96. The Bertz CT molecular complexity index is 440. The van der Waals surface area contributed by atoms with Crippen molar-refractivity contribution in [3.8, 4) is 5.75 Å². The highest BCUT2D eigenvalue weighted by molar-refractivity contribution is 5.85. The van der Waals surface area contributed by atoms with Crippen LogP contribution in [0.1, 0.15) is 12.0 Å². The number of carboxylic acids is 1. The first-order valence-corrected chi connectivity index (χ1v) is 5.52. The molecule has 0 aliphatic heterocycles. The lowest BCUT2D eigenvalue weighted by molar-refractivity contribution is -0.275. The van der Waals surface area contributed by atoms with Crippen LogP contribution in [0.5, 0.6) is 5.75 Å². The molecule has 20 heavy (non-hydrogen) atoms. The largest absolute Gasteiger partial charge is 0.573 e. The van der Waals surface area contributed by atoms with E-state index in [1.165, 1.54) is 18.2 Å². The topological polar surface area (TPSA) is 49.8 Å². The maximum atomic E-state index is 12.2. The van der Waals surface area contributed by atoms with Crippen molar-refractivity contribution < 1.29 is 27.8 Å². The molecule has 0 aliphatic carbocycles. The lowest BCUT2D eigenvalue weighted by Gasteiger charge is -2.18. The maximum Gasteiger partial charge on any atom is 0.573 e. The summed E-state index contributed by atoms with van der Waals surface area (Å²) in [4.78, 5) is 12.0. The third-order valence-electron chi connectivity index (χ3n) is 2.35. The number of benzene rings is 1. The average molecular weight is 314 g/mol. The van der Waals surface area contributed by atoms with Gasteiger partial charge < -0.3 is 14.7 Å². The van der Waals surface area contributed by atoms with Crippen LogP contribution in [0.3, 0.4) is 0 Å². The van der Waals surface area contributed by atoms with Gasteiger partial charge in [-0.25, -0.2) is 0 Å². The normalized spacial score (nSPS) is 11.1. The number of nitrogens with zero attached hydrogens (tertiary/aromatic N) is 1. The van der Waals surface area contributed by atoms with Crippen molar-refractivity contribution in [2.24, 2.45) is 0 Å². The fourth-order valence-electron chi connectivity index (χ4n) is 1.52. The lowest BCUT2D eigenvalue weighted by Crippen LogP contribution is -2.23. The Labute approximate surface area is 120 Å². The first-order valence-electron chi connectivity index (χ1n) is 5.52. The molecule has 0 bridgehead atoms. The molecule has 0 unspecified atom stereocenters. The van der Waals surface area contributed by atoms with Crippen molar-refractivity contribution >= 4 is 18.4 Å². The average Bonchev–Trinajstić information content (AvgIpc) is 2.27. The second-order valence-corrected chi connectivity index (χ2v) is 4.04. The molecule has 0 radical (unpaired) electrons. The second-order valence-electron chi connectivity index (χ2n) is 4.04. The Balaban J connectivity index is 0.00000361. The van der Waals surface area contributed by atoms with Crippen LogP contribution in [0.25, 0.3) is 0 Å². The standard InChI is InChI=1S/C12H14F3NO3.ClH/c1-16(7-6-11(17)18)8-9-4-2-3-5-10(9)19-12(13,14)15;/h2-5H,6-8H2,1H3,(H,17,18);1H. The fraction of sp³-hybridized carbons (Fsp3) is 0.417. The molecule has 114 valence electrons. The van der Waals surface area contributed by atoms with Gasteiger partial charge in [0.25, 0.3) is 0 Å². The monoisotopic (exact) mass is 313 g/mol. The van der Waals surface area contributed by atoms with E-state index in [1.807, 2.05) is 0 Å². The summed E-state index contributed by atoms with van der Waals surface area (Å²) in [5.74, 6) is -1.22. The fourth-order valence-corrected chi connectivity index (χ4v) is 1.52. The first kappa shape index (κ1) is 18.5. The Hall–Kier alpha value is -1.47. The van der Waals surface area contributed by atoms with Crippen molar-refractivity contribution in [1.29, 1.82) is 0 Å². The van der Waals surface area contributed by atoms with Gasteiger partial charge in [-0.2, -0.15) is 0 Å². The Morgan fingerprint density at radius 1 is 1.35 bits per heavy atom. The molecule has 1 aromatic carbocycles. The van der Waals surface area contributed by atoms with Crippen LogP contribution in [0.15, 0.2) is 24.3 Å². The van der Waals surface area contributed by atoms with Gasteiger partial charge in [-0.05, 0) is 13.1 Å². The first-order chi connectivity index (χ1) is 8.78. The number of halogens is 4. The van der Waals surface area contributed by atoms with Gasteiger partial charge in [0.15, 0.2) is 0 Å². The number of hydrogen-bond donors (Lipinski definition) is 1. The van der Waals surface area contributed by atoms with Crippen molar-refractivity contribution in [1.82, 2.24) is 4.90 Å². The van der Waals surface area contributed by atoms with Crippen molar-refractivity contribution in [3.63, 3.8) is 0 Å². The number of carboxylic acid groups (broad SMARTS) is 1. The number of aliphatic carboxylic acids is 1. The molecule has 0 aromatic heterocycles. The van der Waals surface area contributed by atoms with Crippen LogP contribution in [0.4, 0.5) is 13.2 Å². The van der Waals surface area contributed by atoms with Crippen LogP contribution in [-0.2, 0) is 11.3 Å². The van der Waals surface area contributed by atoms with Crippen LogP contribution in [0, 0.1) is 0 Å². The molecule has 0 amide bonds. The highest BCUT2D eigenvalue weighted by Gasteiger charge is 2.32.